The zero-order chi connectivity index (χ0) is 36.3. The minimum atomic E-state index is -4.45. The van der Waals surface area contributed by atoms with Crippen LogP contribution >= 0.6 is 0 Å². The topological polar surface area (TPSA) is 112 Å². The highest BCUT2D eigenvalue weighted by Gasteiger charge is 2.34. The molecular weight excluding hydrogens is 667 g/mol. The fourth-order valence-electron chi connectivity index (χ4n) is 5.72. The second-order valence-electron chi connectivity index (χ2n) is 11.8. The van der Waals surface area contributed by atoms with Gasteiger partial charge in [-0.05, 0) is 65.4 Å². The SMILES string of the molecule is COC(=O)N[C@H](C(=O)Cc1cccc(F)c1CC[C@@H]1CN[C@H](COC(=O)CCC(F)(F)F)CO1)[C@H](c1ccc(F)cc1)c1ccc(OC)cc1. The van der Waals surface area contributed by atoms with E-state index in [1.807, 2.05) is 0 Å². The molecule has 4 rings (SSSR count). The van der Waals surface area contributed by atoms with Gasteiger partial charge in [0.2, 0.25) is 0 Å². The van der Waals surface area contributed by atoms with Crippen LogP contribution in [0.4, 0.5) is 26.7 Å². The summed E-state index contributed by atoms with van der Waals surface area (Å²) in [5.74, 6) is -2.61. The van der Waals surface area contributed by atoms with Crippen LogP contribution in [0.3, 0.4) is 0 Å². The van der Waals surface area contributed by atoms with Gasteiger partial charge in [0.15, 0.2) is 5.78 Å². The number of carbonyl (C=O) groups is 3. The molecule has 0 aliphatic carbocycles. The molecule has 2 N–H and O–H groups in total. The number of alkyl carbamates (subject to hydrolysis) is 1. The molecule has 0 saturated carbocycles. The number of esters is 1. The van der Waals surface area contributed by atoms with E-state index < -0.39 is 66.5 Å². The molecule has 1 saturated heterocycles. The molecule has 3 aromatic carbocycles. The predicted molar refractivity (Wildman–Crippen MR) is 172 cm³/mol. The highest BCUT2D eigenvalue weighted by molar-refractivity contribution is 5.91. The Balaban J connectivity index is 1.46. The summed E-state index contributed by atoms with van der Waals surface area (Å²) in [5.41, 5.74) is 1.88. The van der Waals surface area contributed by atoms with Crippen molar-refractivity contribution in [1.82, 2.24) is 10.6 Å². The van der Waals surface area contributed by atoms with Crippen molar-refractivity contribution >= 4 is 17.8 Å². The zero-order valence-electron chi connectivity index (χ0n) is 27.6. The van der Waals surface area contributed by atoms with Gasteiger partial charge in [0.1, 0.15) is 30.0 Å². The van der Waals surface area contributed by atoms with Crippen LogP contribution in [0.25, 0.3) is 0 Å². The Morgan fingerprint density at radius 1 is 0.980 bits per heavy atom. The van der Waals surface area contributed by atoms with Gasteiger partial charge in [-0.15, -0.1) is 0 Å². The predicted octanol–water partition coefficient (Wildman–Crippen LogP) is 5.82. The molecule has 0 bridgehead atoms. The average molecular weight is 707 g/mol. The number of hydrogen-bond donors (Lipinski definition) is 2. The van der Waals surface area contributed by atoms with E-state index in [2.05, 4.69) is 10.6 Å². The number of amides is 1. The first-order valence-electron chi connectivity index (χ1n) is 16.0. The highest BCUT2D eigenvalue weighted by atomic mass is 19.4. The number of carbonyl (C=O) groups excluding carboxylic acids is 3. The molecular formula is C36H39F5N2O7. The first kappa shape index (κ1) is 38.2. The Morgan fingerprint density at radius 2 is 1.66 bits per heavy atom. The number of hydrogen-bond acceptors (Lipinski definition) is 8. The van der Waals surface area contributed by atoms with E-state index >= 15 is 4.39 Å². The van der Waals surface area contributed by atoms with Gasteiger partial charge in [-0.1, -0.05) is 36.4 Å². The number of ether oxygens (including phenoxy) is 4. The quantitative estimate of drug-likeness (QED) is 0.150. The Morgan fingerprint density at radius 3 is 2.26 bits per heavy atom. The molecule has 0 spiro atoms. The molecule has 270 valence electrons. The van der Waals surface area contributed by atoms with Crippen molar-refractivity contribution in [1.29, 1.82) is 0 Å². The van der Waals surface area contributed by atoms with Crippen LogP contribution in [0.2, 0.25) is 0 Å². The van der Waals surface area contributed by atoms with Crippen LogP contribution in [0, 0.1) is 11.6 Å². The summed E-state index contributed by atoms with van der Waals surface area (Å²) in [6, 6.07) is 15.2. The third-order valence-electron chi connectivity index (χ3n) is 8.37. The standard InChI is InChI=1S/C36H39F5N2O7/c1-47-27-12-8-23(9-13-27)33(22-6-10-25(37)11-7-22)34(43-35(46)48-2)31(44)18-24-4-3-5-30(38)29(24)15-14-28-19-42-26(20-49-28)21-50-32(45)16-17-36(39,40)41/h3-13,26,28,33-34,42H,14-21H2,1-2H3,(H,43,46)/t26-,28+,33+,34+/m0/s1. The van der Waals surface area contributed by atoms with Crippen molar-refractivity contribution in [2.24, 2.45) is 0 Å². The summed E-state index contributed by atoms with van der Waals surface area (Å²) in [5, 5.41) is 5.77. The van der Waals surface area contributed by atoms with E-state index in [-0.39, 0.29) is 32.2 Å². The van der Waals surface area contributed by atoms with Gasteiger partial charge in [-0.2, -0.15) is 13.2 Å². The number of morpholine rings is 1. The van der Waals surface area contributed by atoms with Crippen LogP contribution in [-0.2, 0) is 36.6 Å². The van der Waals surface area contributed by atoms with E-state index in [0.29, 0.717) is 41.0 Å². The Kier molecular flexibility index (Phi) is 13.7. The van der Waals surface area contributed by atoms with E-state index in [4.69, 9.17) is 18.9 Å². The van der Waals surface area contributed by atoms with Crippen molar-refractivity contribution in [3.8, 4) is 5.75 Å². The van der Waals surface area contributed by atoms with E-state index in [1.165, 1.54) is 43.5 Å². The second-order valence-corrected chi connectivity index (χ2v) is 11.8. The molecule has 1 aliphatic heterocycles. The summed E-state index contributed by atoms with van der Waals surface area (Å²) in [6.45, 7) is 0.288. The molecule has 0 aromatic heterocycles. The lowest BCUT2D eigenvalue weighted by atomic mass is 9.81. The number of halogens is 5. The lowest BCUT2D eigenvalue weighted by molar-refractivity contribution is -0.158. The van der Waals surface area contributed by atoms with Crippen molar-refractivity contribution < 1.29 is 55.3 Å². The molecule has 0 radical (unpaired) electrons. The summed E-state index contributed by atoms with van der Waals surface area (Å²) >= 11 is 0. The normalized spacial score (nSPS) is 17.3. The van der Waals surface area contributed by atoms with Crippen molar-refractivity contribution in [3.05, 3.63) is 101 Å². The Bertz CT molecular complexity index is 1580. The first-order valence-corrected chi connectivity index (χ1v) is 16.0. The molecule has 9 nitrogen and oxygen atoms in total. The summed E-state index contributed by atoms with van der Waals surface area (Å²) in [7, 11) is 2.67. The number of nitrogens with one attached hydrogen (secondary N) is 2. The smallest absolute Gasteiger partial charge is 0.407 e. The second kappa shape index (κ2) is 17.9. The Hall–Kier alpha value is -4.56. The molecule has 1 amide bonds. The number of benzene rings is 3. The van der Waals surface area contributed by atoms with E-state index in [1.54, 1.807) is 30.3 Å². The van der Waals surface area contributed by atoms with Crippen molar-refractivity contribution in [2.45, 2.75) is 62.4 Å². The monoisotopic (exact) mass is 706 g/mol. The largest absolute Gasteiger partial charge is 0.497 e. The lowest BCUT2D eigenvalue weighted by Gasteiger charge is -2.30. The lowest BCUT2D eigenvalue weighted by Crippen LogP contribution is -2.49. The number of methoxy groups -OCH3 is 2. The van der Waals surface area contributed by atoms with Gasteiger partial charge in [-0.25, -0.2) is 13.6 Å². The van der Waals surface area contributed by atoms with Crippen LogP contribution in [0.15, 0.2) is 66.7 Å². The summed E-state index contributed by atoms with van der Waals surface area (Å²) < 4.78 is 87.1. The highest BCUT2D eigenvalue weighted by Crippen LogP contribution is 2.32. The maximum atomic E-state index is 15.3. The third kappa shape index (κ3) is 11.2. The summed E-state index contributed by atoms with van der Waals surface area (Å²) in [6.07, 6.45) is -7.38. The molecule has 0 unspecified atom stereocenters. The van der Waals surface area contributed by atoms with Crippen LogP contribution in [0.5, 0.6) is 5.75 Å². The minimum absolute atomic E-state index is 0.122. The molecule has 50 heavy (non-hydrogen) atoms. The van der Waals surface area contributed by atoms with Crippen LogP contribution in [-0.4, -0.2) is 76.2 Å². The first-order chi connectivity index (χ1) is 23.9. The van der Waals surface area contributed by atoms with Gasteiger partial charge in [0.25, 0.3) is 0 Å². The summed E-state index contributed by atoms with van der Waals surface area (Å²) in [4.78, 5) is 38.3. The third-order valence-corrected chi connectivity index (χ3v) is 8.37. The van der Waals surface area contributed by atoms with Gasteiger partial charge in [0, 0.05) is 18.9 Å². The van der Waals surface area contributed by atoms with E-state index in [0.717, 1.165) is 7.11 Å². The molecule has 1 heterocycles. The van der Waals surface area contributed by atoms with Gasteiger partial charge >= 0.3 is 18.2 Å². The van der Waals surface area contributed by atoms with Crippen molar-refractivity contribution in [2.75, 3.05) is 34.0 Å². The average Bonchev–Trinajstić information content (AvgIpc) is 3.10. The van der Waals surface area contributed by atoms with Gasteiger partial charge in [0.05, 0.1) is 45.8 Å². The fraction of sp³-hybridized carbons (Fsp3) is 0.417. The molecule has 1 fully saturated rings. The fourth-order valence-corrected chi connectivity index (χ4v) is 5.72. The number of alkyl halides is 3. The number of rotatable bonds is 15. The number of Topliss-reactive ketones (excluding diaryl/α,β-unsaturated/α-hetero) is 1. The maximum Gasteiger partial charge on any atom is 0.407 e. The van der Waals surface area contributed by atoms with Gasteiger partial charge < -0.3 is 29.6 Å². The van der Waals surface area contributed by atoms with Gasteiger partial charge in [-0.3, -0.25) is 9.59 Å². The Labute approximate surface area is 286 Å². The molecule has 1 aliphatic rings. The van der Waals surface area contributed by atoms with Crippen LogP contribution in [0.1, 0.15) is 47.4 Å². The number of ketones is 1. The van der Waals surface area contributed by atoms with E-state index in [9.17, 15) is 31.9 Å². The zero-order valence-corrected chi connectivity index (χ0v) is 27.6. The molecule has 4 atom stereocenters. The maximum absolute atomic E-state index is 15.3. The minimum Gasteiger partial charge on any atom is -0.497 e. The molecule has 3 aromatic rings. The van der Waals surface area contributed by atoms with Crippen molar-refractivity contribution in [3.63, 3.8) is 0 Å². The molecule has 14 heteroatoms. The van der Waals surface area contributed by atoms with Crippen LogP contribution < -0.4 is 15.4 Å².